The van der Waals surface area contributed by atoms with Crippen molar-refractivity contribution in [2.45, 2.75) is 6.42 Å². The van der Waals surface area contributed by atoms with Crippen LogP contribution in [0, 0.1) is 0 Å². The first kappa shape index (κ1) is 11.3. The van der Waals surface area contributed by atoms with Gasteiger partial charge in [0.05, 0.1) is 0 Å². The molecule has 2 rings (SSSR count). The second-order valence-electron chi connectivity index (χ2n) is 3.65. The molecule has 0 fully saturated rings. The molecule has 0 aliphatic heterocycles. The lowest BCUT2D eigenvalue weighted by molar-refractivity contribution is 1.19. The minimum Gasteiger partial charge on any atom is -0.399 e. The zero-order chi connectivity index (χ0) is 11.5. The zero-order valence-corrected chi connectivity index (χ0v) is 10.1. The van der Waals surface area contributed by atoms with Gasteiger partial charge in [0.15, 0.2) is 0 Å². The van der Waals surface area contributed by atoms with Crippen molar-refractivity contribution < 1.29 is 0 Å². The maximum Gasteiger partial charge on any atom is 0.0442 e. The maximum atomic E-state index is 6.09. The molecular weight excluding hydrogens is 241 g/mol. The molecule has 0 spiro atoms. The molecule has 0 radical (unpaired) electrons. The minimum absolute atomic E-state index is 0.704. The SMILES string of the molecule is Nc1ccc(Cc2cc(Cl)ccc2Cl)cc1. The second-order valence-corrected chi connectivity index (χ2v) is 4.50. The minimum atomic E-state index is 0.704. The second kappa shape index (κ2) is 4.77. The molecular formula is C13H11Cl2N. The number of halogens is 2. The van der Waals surface area contributed by atoms with Crippen molar-refractivity contribution in [2.24, 2.45) is 0 Å². The van der Waals surface area contributed by atoms with Gasteiger partial charge in [-0.1, -0.05) is 35.3 Å². The predicted molar refractivity (Wildman–Crippen MR) is 70.1 cm³/mol. The largest absolute Gasteiger partial charge is 0.399 e. The summed E-state index contributed by atoms with van der Waals surface area (Å²) in [7, 11) is 0. The molecule has 0 heterocycles. The highest BCUT2D eigenvalue weighted by molar-refractivity contribution is 6.33. The summed E-state index contributed by atoms with van der Waals surface area (Å²) in [5.41, 5.74) is 8.58. The van der Waals surface area contributed by atoms with Crippen molar-refractivity contribution in [3.8, 4) is 0 Å². The molecule has 16 heavy (non-hydrogen) atoms. The molecule has 1 nitrogen and oxygen atoms in total. The molecule has 0 saturated carbocycles. The first-order chi connectivity index (χ1) is 7.65. The van der Waals surface area contributed by atoms with Crippen LogP contribution in [0.3, 0.4) is 0 Å². The van der Waals surface area contributed by atoms with Gasteiger partial charge in [-0.15, -0.1) is 0 Å². The predicted octanol–water partition coefficient (Wildman–Crippen LogP) is 4.17. The van der Waals surface area contributed by atoms with E-state index in [1.54, 1.807) is 6.07 Å². The van der Waals surface area contributed by atoms with E-state index in [1.165, 1.54) is 5.56 Å². The van der Waals surface area contributed by atoms with E-state index in [2.05, 4.69) is 0 Å². The Morgan fingerprint density at radius 1 is 0.938 bits per heavy atom. The Labute approximate surface area is 105 Å². The topological polar surface area (TPSA) is 26.0 Å². The summed E-state index contributed by atoms with van der Waals surface area (Å²) in [5, 5.41) is 1.44. The monoisotopic (exact) mass is 251 g/mol. The summed E-state index contributed by atoms with van der Waals surface area (Å²) < 4.78 is 0. The highest BCUT2D eigenvalue weighted by Gasteiger charge is 2.02. The molecule has 3 heteroatoms. The lowest BCUT2D eigenvalue weighted by Gasteiger charge is -2.05. The van der Waals surface area contributed by atoms with Crippen LogP contribution >= 0.6 is 23.2 Å². The number of nitrogens with two attached hydrogens (primary N) is 1. The van der Waals surface area contributed by atoms with Crippen molar-refractivity contribution in [3.63, 3.8) is 0 Å². The normalized spacial score (nSPS) is 10.4. The van der Waals surface area contributed by atoms with Crippen LogP contribution in [-0.2, 0) is 6.42 Å². The highest BCUT2D eigenvalue weighted by atomic mass is 35.5. The summed E-state index contributed by atoms with van der Waals surface area (Å²) in [4.78, 5) is 0. The zero-order valence-electron chi connectivity index (χ0n) is 8.58. The fraction of sp³-hybridized carbons (Fsp3) is 0.0769. The number of nitrogen functional groups attached to an aromatic ring is 1. The average Bonchev–Trinajstić information content (AvgIpc) is 2.27. The molecule has 0 bridgehead atoms. The standard InChI is InChI=1S/C13H11Cl2N/c14-11-3-6-13(15)10(8-11)7-9-1-4-12(16)5-2-9/h1-6,8H,7,16H2. The van der Waals surface area contributed by atoms with Gasteiger partial charge in [0.1, 0.15) is 0 Å². The van der Waals surface area contributed by atoms with E-state index >= 15 is 0 Å². The Kier molecular flexibility index (Phi) is 3.37. The smallest absolute Gasteiger partial charge is 0.0442 e. The number of rotatable bonds is 2. The van der Waals surface area contributed by atoms with E-state index < -0.39 is 0 Å². The number of hydrogen-bond acceptors (Lipinski definition) is 1. The van der Waals surface area contributed by atoms with E-state index in [-0.39, 0.29) is 0 Å². The van der Waals surface area contributed by atoms with E-state index in [0.29, 0.717) is 5.02 Å². The molecule has 0 aromatic heterocycles. The van der Waals surface area contributed by atoms with E-state index in [1.807, 2.05) is 36.4 Å². The van der Waals surface area contributed by atoms with Crippen LogP contribution in [-0.4, -0.2) is 0 Å². The summed E-state index contributed by atoms with van der Waals surface area (Å²) in [5.74, 6) is 0. The third kappa shape index (κ3) is 2.69. The van der Waals surface area contributed by atoms with Gasteiger partial charge in [-0.2, -0.15) is 0 Å². The molecule has 0 amide bonds. The first-order valence-electron chi connectivity index (χ1n) is 4.93. The molecule has 2 aromatic rings. The van der Waals surface area contributed by atoms with Gasteiger partial charge in [-0.05, 0) is 47.9 Å². The Hall–Kier alpha value is -1.18. The molecule has 0 unspecified atom stereocenters. The quantitative estimate of drug-likeness (QED) is 0.797. The fourth-order valence-corrected chi connectivity index (χ4v) is 1.91. The van der Waals surface area contributed by atoms with E-state index in [4.69, 9.17) is 28.9 Å². The van der Waals surface area contributed by atoms with Crippen LogP contribution in [0.15, 0.2) is 42.5 Å². The van der Waals surface area contributed by atoms with Crippen LogP contribution in [0.1, 0.15) is 11.1 Å². The molecule has 2 aromatic carbocycles. The van der Waals surface area contributed by atoms with E-state index in [0.717, 1.165) is 22.7 Å². The molecule has 0 atom stereocenters. The van der Waals surface area contributed by atoms with Crippen molar-refractivity contribution >= 4 is 28.9 Å². The van der Waals surface area contributed by atoms with Crippen LogP contribution in [0.25, 0.3) is 0 Å². The highest BCUT2D eigenvalue weighted by Crippen LogP contribution is 2.23. The van der Waals surface area contributed by atoms with Gasteiger partial charge >= 0.3 is 0 Å². The Bertz CT molecular complexity index is 492. The Balaban J connectivity index is 2.26. The number of anilines is 1. The third-order valence-corrected chi connectivity index (χ3v) is 2.99. The van der Waals surface area contributed by atoms with Crippen LogP contribution in [0.2, 0.25) is 10.0 Å². The molecule has 2 N–H and O–H groups in total. The average molecular weight is 252 g/mol. The first-order valence-corrected chi connectivity index (χ1v) is 5.69. The Morgan fingerprint density at radius 2 is 1.62 bits per heavy atom. The van der Waals surface area contributed by atoms with Gasteiger partial charge in [0.25, 0.3) is 0 Å². The van der Waals surface area contributed by atoms with Crippen LogP contribution < -0.4 is 5.73 Å². The molecule has 82 valence electrons. The van der Waals surface area contributed by atoms with Gasteiger partial charge in [-0.3, -0.25) is 0 Å². The number of benzene rings is 2. The maximum absolute atomic E-state index is 6.09. The van der Waals surface area contributed by atoms with Crippen molar-refractivity contribution in [3.05, 3.63) is 63.6 Å². The molecule has 0 saturated heterocycles. The van der Waals surface area contributed by atoms with Crippen molar-refractivity contribution in [2.75, 3.05) is 5.73 Å². The van der Waals surface area contributed by atoms with Gasteiger partial charge in [0, 0.05) is 15.7 Å². The summed E-state index contributed by atoms with van der Waals surface area (Å²) in [6.45, 7) is 0. The van der Waals surface area contributed by atoms with Crippen LogP contribution in [0.4, 0.5) is 5.69 Å². The van der Waals surface area contributed by atoms with Gasteiger partial charge in [-0.25, -0.2) is 0 Å². The summed E-state index contributed by atoms with van der Waals surface area (Å²) in [6.07, 6.45) is 0.764. The third-order valence-electron chi connectivity index (χ3n) is 2.38. The molecule has 0 aliphatic rings. The Morgan fingerprint density at radius 3 is 2.31 bits per heavy atom. The van der Waals surface area contributed by atoms with Crippen LogP contribution in [0.5, 0.6) is 0 Å². The van der Waals surface area contributed by atoms with Gasteiger partial charge in [0.2, 0.25) is 0 Å². The number of hydrogen-bond donors (Lipinski definition) is 1. The lowest BCUT2D eigenvalue weighted by atomic mass is 10.0. The van der Waals surface area contributed by atoms with E-state index in [9.17, 15) is 0 Å². The van der Waals surface area contributed by atoms with Crippen molar-refractivity contribution in [1.29, 1.82) is 0 Å². The van der Waals surface area contributed by atoms with Crippen molar-refractivity contribution in [1.82, 2.24) is 0 Å². The summed E-state index contributed by atoms with van der Waals surface area (Å²) >= 11 is 12.0. The molecule has 0 aliphatic carbocycles. The summed E-state index contributed by atoms with van der Waals surface area (Å²) in [6, 6.07) is 13.2. The van der Waals surface area contributed by atoms with Gasteiger partial charge < -0.3 is 5.73 Å². The fourth-order valence-electron chi connectivity index (χ4n) is 1.53. The lowest BCUT2D eigenvalue weighted by Crippen LogP contribution is -1.91.